The molecular formula is C67H130O6. The predicted molar refractivity (Wildman–Crippen MR) is 316 cm³/mol. The van der Waals surface area contributed by atoms with Crippen LogP contribution in [-0.2, 0) is 28.6 Å². The SMILES string of the molecule is CCCCCCCCCCCCCCCCCCCC(=O)OC[C@@H](COC(=O)CCCCCCCCCCCCCCCCCCCCC(C)C)OC(=O)CCCCCCCCCCCCCCCCC(C)C. The van der Waals surface area contributed by atoms with E-state index in [1.807, 2.05) is 0 Å². The van der Waals surface area contributed by atoms with Crippen LogP contribution in [0.5, 0.6) is 0 Å². The zero-order chi connectivity index (χ0) is 53.2. The Balaban J connectivity index is 4.27. The summed E-state index contributed by atoms with van der Waals surface area (Å²) < 4.78 is 17.0. The van der Waals surface area contributed by atoms with E-state index in [0.29, 0.717) is 19.3 Å². The second-order valence-electron chi connectivity index (χ2n) is 24.1. The minimum atomic E-state index is -0.764. The summed E-state index contributed by atoms with van der Waals surface area (Å²) in [5.41, 5.74) is 0. The molecule has 0 saturated heterocycles. The Bertz CT molecular complexity index is 1120. The fourth-order valence-electron chi connectivity index (χ4n) is 10.5. The van der Waals surface area contributed by atoms with Crippen LogP contribution in [-0.4, -0.2) is 37.2 Å². The van der Waals surface area contributed by atoms with Gasteiger partial charge in [-0.1, -0.05) is 343 Å². The van der Waals surface area contributed by atoms with Crippen molar-refractivity contribution in [2.75, 3.05) is 13.2 Å². The largest absolute Gasteiger partial charge is 0.462 e. The van der Waals surface area contributed by atoms with Crippen LogP contribution in [0.4, 0.5) is 0 Å². The number of rotatable bonds is 61. The zero-order valence-corrected chi connectivity index (χ0v) is 50.3. The monoisotopic (exact) mass is 1030 g/mol. The van der Waals surface area contributed by atoms with E-state index < -0.39 is 6.10 Å². The first-order valence-corrected chi connectivity index (χ1v) is 33.2. The molecule has 434 valence electrons. The molecule has 0 aliphatic rings. The molecule has 0 aliphatic carbocycles. The topological polar surface area (TPSA) is 78.9 Å². The van der Waals surface area contributed by atoms with Crippen molar-refractivity contribution >= 4 is 17.9 Å². The maximum absolute atomic E-state index is 12.9. The highest BCUT2D eigenvalue weighted by molar-refractivity contribution is 5.71. The minimum absolute atomic E-state index is 0.0615. The minimum Gasteiger partial charge on any atom is -0.462 e. The molecule has 0 spiro atoms. The Kier molecular flexibility index (Phi) is 58.4. The second-order valence-corrected chi connectivity index (χ2v) is 24.1. The van der Waals surface area contributed by atoms with Gasteiger partial charge in [-0.25, -0.2) is 0 Å². The molecule has 0 aliphatic heterocycles. The normalized spacial score (nSPS) is 12.0. The van der Waals surface area contributed by atoms with Gasteiger partial charge in [0.2, 0.25) is 0 Å². The highest BCUT2D eigenvalue weighted by Gasteiger charge is 2.19. The summed E-state index contributed by atoms with van der Waals surface area (Å²) in [4.78, 5) is 38.4. The van der Waals surface area contributed by atoms with Gasteiger partial charge in [-0.15, -0.1) is 0 Å². The van der Waals surface area contributed by atoms with Crippen LogP contribution in [0.2, 0.25) is 0 Å². The van der Waals surface area contributed by atoms with Crippen molar-refractivity contribution in [1.82, 2.24) is 0 Å². The van der Waals surface area contributed by atoms with Crippen molar-refractivity contribution in [1.29, 1.82) is 0 Å². The molecule has 6 nitrogen and oxygen atoms in total. The molecule has 0 N–H and O–H groups in total. The number of carbonyl (C=O) groups is 3. The summed E-state index contributed by atoms with van der Waals surface area (Å²) in [6, 6.07) is 0. The lowest BCUT2D eigenvalue weighted by Crippen LogP contribution is -2.30. The van der Waals surface area contributed by atoms with Crippen LogP contribution in [0.15, 0.2) is 0 Å². The lowest BCUT2D eigenvalue weighted by Gasteiger charge is -2.18. The summed E-state index contributed by atoms with van der Waals surface area (Å²) in [6.07, 6.45) is 66.8. The first-order chi connectivity index (χ1) is 35.7. The van der Waals surface area contributed by atoms with Crippen molar-refractivity contribution in [3.8, 4) is 0 Å². The van der Waals surface area contributed by atoms with E-state index >= 15 is 0 Å². The van der Waals surface area contributed by atoms with Gasteiger partial charge >= 0.3 is 17.9 Å². The number of hydrogen-bond acceptors (Lipinski definition) is 6. The smallest absolute Gasteiger partial charge is 0.306 e. The molecule has 0 bridgehead atoms. The van der Waals surface area contributed by atoms with Crippen molar-refractivity contribution in [2.45, 2.75) is 387 Å². The van der Waals surface area contributed by atoms with E-state index in [4.69, 9.17) is 14.2 Å². The van der Waals surface area contributed by atoms with E-state index in [0.717, 1.165) is 69.6 Å². The van der Waals surface area contributed by atoms with E-state index in [-0.39, 0.29) is 31.1 Å². The fraction of sp³-hybridized carbons (Fsp3) is 0.955. The molecule has 0 aromatic heterocycles. The highest BCUT2D eigenvalue weighted by atomic mass is 16.6. The molecule has 73 heavy (non-hydrogen) atoms. The quantitative estimate of drug-likeness (QED) is 0.0343. The lowest BCUT2D eigenvalue weighted by molar-refractivity contribution is -0.167. The van der Waals surface area contributed by atoms with Gasteiger partial charge in [0, 0.05) is 19.3 Å². The molecule has 0 heterocycles. The molecule has 6 heteroatoms. The van der Waals surface area contributed by atoms with E-state index in [9.17, 15) is 14.4 Å². The average molecular weight is 1030 g/mol. The van der Waals surface area contributed by atoms with Crippen LogP contribution in [0, 0.1) is 11.8 Å². The third kappa shape index (κ3) is 61.1. The van der Waals surface area contributed by atoms with Gasteiger partial charge < -0.3 is 14.2 Å². The molecule has 0 aromatic carbocycles. The Morgan fingerprint density at radius 1 is 0.260 bits per heavy atom. The maximum Gasteiger partial charge on any atom is 0.306 e. The van der Waals surface area contributed by atoms with Crippen LogP contribution < -0.4 is 0 Å². The van der Waals surface area contributed by atoms with Crippen molar-refractivity contribution in [3.05, 3.63) is 0 Å². The summed E-state index contributed by atoms with van der Waals surface area (Å²) in [5.74, 6) is 0.875. The molecule has 1 atom stereocenters. The summed E-state index contributed by atoms with van der Waals surface area (Å²) in [5, 5.41) is 0. The van der Waals surface area contributed by atoms with Gasteiger partial charge in [-0.05, 0) is 31.1 Å². The Morgan fingerprint density at radius 2 is 0.452 bits per heavy atom. The third-order valence-electron chi connectivity index (χ3n) is 15.5. The van der Waals surface area contributed by atoms with Crippen LogP contribution in [0.3, 0.4) is 0 Å². The first-order valence-electron chi connectivity index (χ1n) is 33.2. The molecule has 0 aromatic rings. The second kappa shape index (κ2) is 59.7. The van der Waals surface area contributed by atoms with Crippen LogP contribution >= 0.6 is 0 Å². The Morgan fingerprint density at radius 3 is 0.671 bits per heavy atom. The third-order valence-corrected chi connectivity index (χ3v) is 15.5. The maximum atomic E-state index is 12.9. The van der Waals surface area contributed by atoms with Gasteiger partial charge in [-0.2, -0.15) is 0 Å². The van der Waals surface area contributed by atoms with E-state index in [1.54, 1.807) is 0 Å². The van der Waals surface area contributed by atoms with Crippen molar-refractivity contribution < 1.29 is 28.6 Å². The molecule has 0 amide bonds. The zero-order valence-electron chi connectivity index (χ0n) is 50.3. The van der Waals surface area contributed by atoms with Crippen LogP contribution in [0.1, 0.15) is 381 Å². The number of ether oxygens (including phenoxy) is 3. The average Bonchev–Trinajstić information content (AvgIpc) is 3.37. The van der Waals surface area contributed by atoms with E-state index in [2.05, 4.69) is 34.6 Å². The lowest BCUT2D eigenvalue weighted by atomic mass is 10.0. The Hall–Kier alpha value is -1.59. The Labute approximate surface area is 457 Å². The van der Waals surface area contributed by atoms with Gasteiger partial charge in [0.05, 0.1) is 0 Å². The van der Waals surface area contributed by atoms with Gasteiger partial charge in [0.25, 0.3) is 0 Å². The number of unbranched alkanes of at least 4 members (excludes halogenated alkanes) is 46. The van der Waals surface area contributed by atoms with Gasteiger partial charge in [0.15, 0.2) is 6.10 Å². The standard InChI is InChI=1S/C67H130O6/c1-6-7-8-9-10-11-12-13-14-17-21-27-32-37-42-47-52-57-65(68)71-60-64(73-67(70)59-54-49-44-39-34-29-24-23-26-31-36-41-46-51-56-63(4)5)61-72-66(69)58-53-48-43-38-33-28-22-19-16-15-18-20-25-30-35-40-45-50-55-62(2)3/h62-64H,6-61H2,1-5H3/t64-/m0/s1. The van der Waals surface area contributed by atoms with E-state index in [1.165, 1.54) is 270 Å². The van der Waals surface area contributed by atoms with Crippen LogP contribution in [0.25, 0.3) is 0 Å². The molecule has 0 rings (SSSR count). The number of esters is 3. The highest BCUT2D eigenvalue weighted by Crippen LogP contribution is 2.19. The molecule has 0 unspecified atom stereocenters. The first kappa shape index (κ1) is 71.4. The molecule has 0 radical (unpaired) electrons. The predicted octanol–water partition coefficient (Wildman–Crippen LogP) is 22.4. The summed E-state index contributed by atoms with van der Waals surface area (Å²) in [7, 11) is 0. The molecule has 0 fully saturated rings. The fourth-order valence-corrected chi connectivity index (χ4v) is 10.5. The van der Waals surface area contributed by atoms with Crippen molar-refractivity contribution in [3.63, 3.8) is 0 Å². The molecular weight excluding hydrogens is 901 g/mol. The number of carbonyl (C=O) groups excluding carboxylic acids is 3. The van der Waals surface area contributed by atoms with Crippen molar-refractivity contribution in [2.24, 2.45) is 11.8 Å². The van der Waals surface area contributed by atoms with Gasteiger partial charge in [-0.3, -0.25) is 14.4 Å². The number of hydrogen-bond donors (Lipinski definition) is 0. The summed E-state index contributed by atoms with van der Waals surface area (Å²) >= 11 is 0. The molecule has 0 saturated carbocycles. The summed E-state index contributed by atoms with van der Waals surface area (Å²) in [6.45, 7) is 11.5. The van der Waals surface area contributed by atoms with Gasteiger partial charge in [0.1, 0.15) is 13.2 Å².